The second kappa shape index (κ2) is 11.9. The summed E-state index contributed by atoms with van der Waals surface area (Å²) in [6, 6.07) is 22.6. The number of piperidine rings is 1. The molecule has 6 heteroatoms. The van der Waals surface area contributed by atoms with Crippen molar-refractivity contribution >= 4 is 30.1 Å². The van der Waals surface area contributed by atoms with E-state index >= 15 is 0 Å². The number of carbonyl (C=O) groups excluding carboxylic acids is 1. The van der Waals surface area contributed by atoms with Gasteiger partial charge in [0.2, 0.25) is 5.91 Å². The number of nitrogens with zero attached hydrogens (tertiary/aromatic N) is 2. The zero-order valence-electron chi connectivity index (χ0n) is 20.1. The Morgan fingerprint density at radius 1 is 0.912 bits per heavy atom. The van der Waals surface area contributed by atoms with E-state index in [1.165, 1.54) is 30.4 Å². The highest BCUT2D eigenvalue weighted by Crippen LogP contribution is 2.39. The van der Waals surface area contributed by atoms with Gasteiger partial charge in [-0.05, 0) is 63.1 Å². The average molecular weight is 501 g/mol. The molecule has 3 heterocycles. The van der Waals surface area contributed by atoms with Crippen molar-refractivity contribution in [3.63, 3.8) is 0 Å². The molecule has 4 nitrogen and oxygen atoms in total. The number of amides is 1. The third-order valence-corrected chi connectivity index (χ3v) is 8.77. The van der Waals surface area contributed by atoms with Gasteiger partial charge in [-0.3, -0.25) is 9.69 Å². The summed E-state index contributed by atoms with van der Waals surface area (Å²) in [4.78, 5) is 16.9. The molecule has 3 aliphatic heterocycles. The lowest BCUT2D eigenvalue weighted by molar-refractivity contribution is -0.128. The topological polar surface area (TPSA) is 32.8 Å². The molecule has 34 heavy (non-hydrogen) atoms. The zero-order chi connectivity index (χ0) is 22.6. The Labute approximate surface area is 214 Å². The van der Waals surface area contributed by atoms with Gasteiger partial charge in [0.15, 0.2) is 0 Å². The minimum atomic E-state index is 0. The maximum absolute atomic E-state index is 12.1. The van der Waals surface area contributed by atoms with E-state index in [-0.39, 0.29) is 23.8 Å². The summed E-state index contributed by atoms with van der Waals surface area (Å²) in [5.74, 6) is 1.20. The summed E-state index contributed by atoms with van der Waals surface area (Å²) in [7, 11) is 0. The Kier molecular flexibility index (Phi) is 8.97. The maximum Gasteiger partial charge on any atom is 0.236 e. The number of unbranched alkanes of at least 4 members (excludes halogenated alkanes) is 1. The van der Waals surface area contributed by atoms with Crippen molar-refractivity contribution in [2.24, 2.45) is 0 Å². The Morgan fingerprint density at radius 2 is 1.47 bits per heavy atom. The van der Waals surface area contributed by atoms with E-state index < -0.39 is 0 Å². The Balaban J connectivity index is 0.00000274. The number of fused-ring (bicyclic) bond motifs is 2. The summed E-state index contributed by atoms with van der Waals surface area (Å²) in [5.41, 5.74) is 2.48. The molecule has 1 amide bonds. The van der Waals surface area contributed by atoms with Gasteiger partial charge in [0.05, 0.1) is 17.2 Å². The van der Waals surface area contributed by atoms with Gasteiger partial charge in [-0.1, -0.05) is 60.7 Å². The van der Waals surface area contributed by atoms with E-state index in [2.05, 4.69) is 65.6 Å². The molecular weight excluding hydrogens is 464 g/mol. The fraction of sp³-hybridized carbons (Fsp3) is 0.536. The third kappa shape index (κ3) is 5.81. The molecule has 2 aromatic carbocycles. The SMILES string of the molecule is CC1SCN(CCCCN2C3CCC2CC(OC(c2ccccc2)c2ccccc2)C3)C1=O.Cl. The van der Waals surface area contributed by atoms with Crippen LogP contribution in [-0.4, -0.2) is 58.1 Å². The van der Waals surface area contributed by atoms with Crippen LogP contribution in [0.15, 0.2) is 60.7 Å². The van der Waals surface area contributed by atoms with E-state index in [4.69, 9.17) is 4.74 Å². The number of thioether (sulfide) groups is 1. The highest BCUT2D eigenvalue weighted by Gasteiger charge is 2.41. The van der Waals surface area contributed by atoms with Crippen LogP contribution < -0.4 is 0 Å². The molecular formula is C28H37ClN2O2S. The predicted molar refractivity (Wildman–Crippen MR) is 142 cm³/mol. The van der Waals surface area contributed by atoms with Gasteiger partial charge in [0.25, 0.3) is 0 Å². The summed E-state index contributed by atoms with van der Waals surface area (Å²) in [6.07, 6.45) is 7.45. The second-order valence-corrected chi connectivity index (χ2v) is 11.1. The van der Waals surface area contributed by atoms with Crippen molar-refractivity contribution in [2.45, 2.75) is 75.0 Å². The smallest absolute Gasteiger partial charge is 0.236 e. The van der Waals surface area contributed by atoms with Gasteiger partial charge in [0.1, 0.15) is 6.10 Å². The lowest BCUT2D eigenvalue weighted by atomic mass is 9.97. The van der Waals surface area contributed by atoms with Crippen LogP contribution in [0.4, 0.5) is 0 Å². The number of ether oxygens (including phenoxy) is 1. The summed E-state index contributed by atoms with van der Waals surface area (Å²) >= 11 is 1.76. The van der Waals surface area contributed by atoms with Crippen LogP contribution in [0.25, 0.3) is 0 Å². The van der Waals surface area contributed by atoms with E-state index in [1.807, 2.05) is 11.8 Å². The minimum Gasteiger partial charge on any atom is -0.365 e. The Morgan fingerprint density at radius 3 is 2.00 bits per heavy atom. The van der Waals surface area contributed by atoms with Crippen molar-refractivity contribution in [1.29, 1.82) is 0 Å². The van der Waals surface area contributed by atoms with E-state index in [0.717, 1.165) is 38.2 Å². The summed E-state index contributed by atoms with van der Waals surface area (Å²) < 4.78 is 6.83. The summed E-state index contributed by atoms with van der Waals surface area (Å²) in [6.45, 7) is 4.10. The van der Waals surface area contributed by atoms with Crippen LogP contribution in [0.2, 0.25) is 0 Å². The van der Waals surface area contributed by atoms with Gasteiger partial charge in [-0.15, -0.1) is 24.2 Å². The van der Waals surface area contributed by atoms with Crippen LogP contribution in [0.3, 0.4) is 0 Å². The Bertz CT molecular complexity index is 862. The largest absolute Gasteiger partial charge is 0.365 e. The Hall–Kier alpha value is -1.53. The molecule has 3 aliphatic rings. The van der Waals surface area contributed by atoms with Crippen LogP contribution >= 0.6 is 24.2 Å². The van der Waals surface area contributed by atoms with Gasteiger partial charge in [-0.2, -0.15) is 0 Å². The third-order valence-electron chi connectivity index (χ3n) is 7.61. The number of hydrogen-bond acceptors (Lipinski definition) is 4. The van der Waals surface area contributed by atoms with Crippen molar-refractivity contribution < 1.29 is 9.53 Å². The average Bonchev–Trinajstić information content (AvgIpc) is 3.29. The number of rotatable bonds is 9. The standard InChI is InChI=1S/C28H36N2O2S.ClH/c1-21-28(31)29(20-33-21)16-8-9-17-30-24-14-15-25(30)19-26(18-24)32-27(22-10-4-2-5-11-22)23-12-6-3-7-13-23;/h2-7,10-13,21,24-27H,8-9,14-20H2,1H3;1H. The number of halogens is 1. The predicted octanol–water partition coefficient (Wildman–Crippen LogP) is 5.91. The second-order valence-electron chi connectivity index (χ2n) is 9.80. The van der Waals surface area contributed by atoms with Crippen LogP contribution in [0, 0.1) is 0 Å². The molecule has 0 saturated carbocycles. The number of hydrogen-bond donors (Lipinski definition) is 0. The first kappa shape index (κ1) is 25.6. The summed E-state index contributed by atoms with van der Waals surface area (Å²) in [5, 5.41) is 0.149. The lowest BCUT2D eigenvalue weighted by Crippen LogP contribution is -2.46. The molecule has 3 saturated heterocycles. The molecule has 184 valence electrons. The highest BCUT2D eigenvalue weighted by atomic mass is 35.5. The van der Waals surface area contributed by atoms with Crippen molar-refractivity contribution in [1.82, 2.24) is 9.80 Å². The molecule has 0 N–H and O–H groups in total. The molecule has 3 atom stereocenters. The van der Waals surface area contributed by atoms with Gasteiger partial charge < -0.3 is 9.64 Å². The molecule has 2 bridgehead atoms. The minimum absolute atomic E-state index is 0. The van der Waals surface area contributed by atoms with Crippen LogP contribution in [0.1, 0.15) is 62.7 Å². The highest BCUT2D eigenvalue weighted by molar-refractivity contribution is 8.01. The van der Waals surface area contributed by atoms with Gasteiger partial charge >= 0.3 is 0 Å². The lowest BCUT2D eigenvalue weighted by Gasteiger charge is -2.40. The van der Waals surface area contributed by atoms with Crippen LogP contribution in [0.5, 0.6) is 0 Å². The van der Waals surface area contributed by atoms with Crippen LogP contribution in [-0.2, 0) is 9.53 Å². The van der Waals surface area contributed by atoms with Gasteiger partial charge in [-0.25, -0.2) is 0 Å². The number of carbonyl (C=O) groups is 1. The van der Waals surface area contributed by atoms with E-state index in [9.17, 15) is 4.79 Å². The van der Waals surface area contributed by atoms with E-state index in [0.29, 0.717) is 24.1 Å². The molecule has 0 aliphatic carbocycles. The first-order valence-electron chi connectivity index (χ1n) is 12.6. The normalized spacial score (nSPS) is 26.8. The quantitative estimate of drug-likeness (QED) is 0.400. The first-order chi connectivity index (χ1) is 16.2. The monoisotopic (exact) mass is 500 g/mol. The maximum atomic E-state index is 12.1. The molecule has 0 aromatic heterocycles. The van der Waals surface area contributed by atoms with Crippen molar-refractivity contribution in [3.05, 3.63) is 71.8 Å². The first-order valence-corrected chi connectivity index (χ1v) is 13.7. The fourth-order valence-corrected chi connectivity index (χ4v) is 6.82. The molecule has 0 radical (unpaired) electrons. The molecule has 3 fully saturated rings. The van der Waals surface area contributed by atoms with Gasteiger partial charge in [0, 0.05) is 18.6 Å². The molecule has 3 unspecified atom stereocenters. The number of benzene rings is 2. The van der Waals surface area contributed by atoms with E-state index in [1.54, 1.807) is 11.8 Å². The zero-order valence-corrected chi connectivity index (χ0v) is 21.7. The van der Waals surface area contributed by atoms with Crippen molar-refractivity contribution in [2.75, 3.05) is 19.0 Å². The fourth-order valence-electron chi connectivity index (χ4n) is 5.86. The molecule has 0 spiro atoms. The molecule has 5 rings (SSSR count). The van der Waals surface area contributed by atoms with Crippen molar-refractivity contribution in [3.8, 4) is 0 Å². The molecule has 2 aromatic rings.